The zero-order valence-electron chi connectivity index (χ0n) is 10.3. The highest BCUT2D eigenvalue weighted by molar-refractivity contribution is 5.80. The van der Waals surface area contributed by atoms with Crippen molar-refractivity contribution >= 4 is 5.97 Å². The van der Waals surface area contributed by atoms with Gasteiger partial charge in [0.05, 0.1) is 5.69 Å². The molecule has 5 heteroatoms. The van der Waals surface area contributed by atoms with Gasteiger partial charge in [0.15, 0.2) is 11.5 Å². The van der Waals surface area contributed by atoms with Gasteiger partial charge in [0.1, 0.15) is 0 Å². The van der Waals surface area contributed by atoms with Crippen LogP contribution in [0, 0.1) is 0 Å². The molecule has 0 spiro atoms. The number of benzene rings is 1. The number of fused-ring (bicyclic) bond motifs is 1. The number of hydrogen-bond donors (Lipinski definition) is 0. The van der Waals surface area contributed by atoms with E-state index in [0.717, 1.165) is 0 Å². The van der Waals surface area contributed by atoms with Gasteiger partial charge in [-0.2, -0.15) is 0 Å². The van der Waals surface area contributed by atoms with Crippen LogP contribution >= 0.6 is 0 Å². The van der Waals surface area contributed by atoms with E-state index in [1.54, 1.807) is 18.3 Å². The zero-order valence-corrected chi connectivity index (χ0v) is 10.3. The van der Waals surface area contributed by atoms with Crippen molar-refractivity contribution in [1.82, 2.24) is 4.98 Å². The van der Waals surface area contributed by atoms with Gasteiger partial charge in [-0.15, -0.1) is 0 Å². The maximum Gasteiger partial charge on any atom is 0.308 e. The van der Waals surface area contributed by atoms with Crippen LogP contribution in [-0.4, -0.2) is 17.7 Å². The van der Waals surface area contributed by atoms with Crippen molar-refractivity contribution < 1.29 is 19.0 Å². The van der Waals surface area contributed by atoms with Gasteiger partial charge in [0, 0.05) is 18.7 Å². The highest BCUT2D eigenvalue weighted by atomic mass is 16.7. The highest BCUT2D eigenvalue weighted by Crippen LogP contribution is 2.46. The molecule has 0 radical (unpaired) electrons. The molecule has 0 fully saturated rings. The summed E-state index contributed by atoms with van der Waals surface area (Å²) in [5.74, 6) is 0.941. The predicted octanol–water partition coefficient (Wildman–Crippen LogP) is 2.40. The van der Waals surface area contributed by atoms with Crippen LogP contribution < -0.4 is 14.2 Å². The second kappa shape index (κ2) is 4.61. The molecule has 1 aromatic heterocycles. The minimum Gasteiger partial charge on any atom is -0.453 e. The summed E-state index contributed by atoms with van der Waals surface area (Å²) in [6.45, 7) is 1.46. The van der Waals surface area contributed by atoms with Gasteiger partial charge in [0.2, 0.25) is 12.5 Å². The largest absolute Gasteiger partial charge is 0.453 e. The fraction of sp³-hybridized carbons (Fsp3) is 0.143. The summed E-state index contributed by atoms with van der Waals surface area (Å²) in [4.78, 5) is 15.5. The average molecular weight is 257 g/mol. The van der Waals surface area contributed by atoms with Crippen molar-refractivity contribution in [2.45, 2.75) is 6.92 Å². The number of aromatic nitrogens is 1. The molecular formula is C14H11NO4. The van der Waals surface area contributed by atoms with E-state index in [0.29, 0.717) is 28.5 Å². The van der Waals surface area contributed by atoms with Crippen LogP contribution in [0.3, 0.4) is 0 Å². The van der Waals surface area contributed by atoms with Crippen molar-refractivity contribution in [3.05, 3.63) is 36.5 Å². The van der Waals surface area contributed by atoms with E-state index >= 15 is 0 Å². The Morgan fingerprint density at radius 2 is 2.16 bits per heavy atom. The number of carbonyl (C=O) groups excluding carboxylic acids is 1. The van der Waals surface area contributed by atoms with E-state index in [1.165, 1.54) is 6.92 Å². The van der Waals surface area contributed by atoms with E-state index in [1.807, 2.05) is 18.2 Å². The van der Waals surface area contributed by atoms with E-state index in [4.69, 9.17) is 14.2 Å². The van der Waals surface area contributed by atoms with E-state index in [9.17, 15) is 4.79 Å². The Bertz CT molecular complexity index is 625. The van der Waals surface area contributed by atoms with Crippen LogP contribution in [0.4, 0.5) is 0 Å². The lowest BCUT2D eigenvalue weighted by Crippen LogP contribution is -2.04. The summed E-state index contributed by atoms with van der Waals surface area (Å²) >= 11 is 0. The number of ether oxygens (including phenoxy) is 3. The molecule has 0 saturated heterocycles. The average Bonchev–Trinajstić information content (AvgIpc) is 2.88. The Morgan fingerprint density at radius 1 is 1.26 bits per heavy atom. The third kappa shape index (κ3) is 2.10. The molecule has 0 bridgehead atoms. The van der Waals surface area contributed by atoms with Gasteiger partial charge in [-0.3, -0.25) is 9.78 Å². The first-order chi connectivity index (χ1) is 9.25. The van der Waals surface area contributed by atoms with Gasteiger partial charge < -0.3 is 14.2 Å². The summed E-state index contributed by atoms with van der Waals surface area (Å²) in [5.41, 5.74) is 1.40. The minimum atomic E-state index is -0.416. The molecule has 5 nitrogen and oxygen atoms in total. The summed E-state index contributed by atoms with van der Waals surface area (Å²) in [6, 6.07) is 9.10. The molecule has 1 aliphatic rings. The second-order valence-electron chi connectivity index (χ2n) is 3.98. The van der Waals surface area contributed by atoms with Gasteiger partial charge in [0.25, 0.3) is 0 Å². The molecular weight excluding hydrogens is 246 g/mol. The SMILES string of the molecule is CC(=O)Oc1c(-c2ccccn2)ccc2c1OCO2. The quantitative estimate of drug-likeness (QED) is 0.610. The fourth-order valence-corrected chi connectivity index (χ4v) is 1.92. The summed E-state index contributed by atoms with van der Waals surface area (Å²) < 4.78 is 15.9. The normalized spacial score (nSPS) is 12.3. The van der Waals surface area contributed by atoms with Gasteiger partial charge >= 0.3 is 5.97 Å². The molecule has 1 aliphatic heterocycles. The summed E-state index contributed by atoms with van der Waals surface area (Å²) in [6.07, 6.45) is 1.68. The minimum absolute atomic E-state index is 0.120. The van der Waals surface area contributed by atoms with E-state index in [-0.39, 0.29) is 6.79 Å². The Hall–Kier alpha value is -2.56. The van der Waals surface area contributed by atoms with E-state index < -0.39 is 5.97 Å². The molecule has 2 aromatic rings. The Balaban J connectivity index is 2.16. The highest BCUT2D eigenvalue weighted by Gasteiger charge is 2.24. The Kier molecular flexibility index (Phi) is 2.79. The number of carbonyl (C=O) groups is 1. The molecule has 96 valence electrons. The fourth-order valence-electron chi connectivity index (χ4n) is 1.92. The zero-order chi connectivity index (χ0) is 13.2. The number of rotatable bonds is 2. The van der Waals surface area contributed by atoms with Gasteiger partial charge in [-0.05, 0) is 24.3 Å². The van der Waals surface area contributed by atoms with Crippen LogP contribution in [-0.2, 0) is 4.79 Å². The smallest absolute Gasteiger partial charge is 0.308 e. The lowest BCUT2D eigenvalue weighted by Gasteiger charge is -2.10. The Labute approximate surface area is 109 Å². The molecule has 0 aliphatic carbocycles. The van der Waals surface area contributed by atoms with Gasteiger partial charge in [-0.1, -0.05) is 6.07 Å². The molecule has 0 amide bonds. The second-order valence-corrected chi connectivity index (χ2v) is 3.98. The predicted molar refractivity (Wildman–Crippen MR) is 67.1 cm³/mol. The third-order valence-corrected chi connectivity index (χ3v) is 2.68. The number of pyridine rings is 1. The third-order valence-electron chi connectivity index (χ3n) is 2.68. The van der Waals surface area contributed by atoms with Crippen LogP contribution in [0.25, 0.3) is 11.3 Å². The molecule has 1 aromatic carbocycles. The summed E-state index contributed by atoms with van der Waals surface area (Å²) in [7, 11) is 0. The summed E-state index contributed by atoms with van der Waals surface area (Å²) in [5, 5.41) is 0. The lowest BCUT2D eigenvalue weighted by molar-refractivity contribution is -0.131. The molecule has 0 N–H and O–H groups in total. The van der Waals surface area contributed by atoms with Crippen molar-refractivity contribution in [2.75, 3.05) is 6.79 Å². The topological polar surface area (TPSA) is 57.7 Å². The number of hydrogen-bond acceptors (Lipinski definition) is 5. The van der Waals surface area contributed by atoms with Crippen LogP contribution in [0.15, 0.2) is 36.5 Å². The molecule has 19 heavy (non-hydrogen) atoms. The van der Waals surface area contributed by atoms with Crippen molar-refractivity contribution in [3.8, 4) is 28.5 Å². The molecule has 2 heterocycles. The molecule has 0 unspecified atom stereocenters. The maximum absolute atomic E-state index is 11.3. The van der Waals surface area contributed by atoms with Crippen molar-refractivity contribution in [2.24, 2.45) is 0 Å². The van der Waals surface area contributed by atoms with Crippen LogP contribution in [0.1, 0.15) is 6.92 Å². The molecule has 3 rings (SSSR count). The van der Waals surface area contributed by atoms with Crippen molar-refractivity contribution in [3.63, 3.8) is 0 Å². The number of nitrogens with zero attached hydrogens (tertiary/aromatic N) is 1. The maximum atomic E-state index is 11.3. The van der Waals surface area contributed by atoms with Gasteiger partial charge in [-0.25, -0.2) is 0 Å². The first-order valence-corrected chi connectivity index (χ1v) is 5.78. The van der Waals surface area contributed by atoms with Crippen LogP contribution in [0.5, 0.6) is 17.2 Å². The van der Waals surface area contributed by atoms with Crippen molar-refractivity contribution in [1.29, 1.82) is 0 Å². The Morgan fingerprint density at radius 3 is 2.89 bits per heavy atom. The van der Waals surface area contributed by atoms with Crippen LogP contribution in [0.2, 0.25) is 0 Å². The first-order valence-electron chi connectivity index (χ1n) is 5.78. The standard InChI is InChI=1S/C14H11NO4/c1-9(16)19-13-10(11-4-2-3-7-15-11)5-6-12-14(13)18-8-17-12/h2-7H,8H2,1H3. The molecule has 0 atom stereocenters. The first kappa shape index (κ1) is 11.5. The number of esters is 1. The molecule has 0 saturated carbocycles. The monoisotopic (exact) mass is 257 g/mol. The lowest BCUT2D eigenvalue weighted by atomic mass is 10.1. The van der Waals surface area contributed by atoms with E-state index in [2.05, 4.69) is 4.98 Å².